The van der Waals surface area contributed by atoms with Crippen molar-refractivity contribution in [3.05, 3.63) is 71.2 Å². The number of nitrogens with one attached hydrogen (secondary N) is 1. The van der Waals surface area contributed by atoms with Crippen LogP contribution in [0.2, 0.25) is 0 Å². The van der Waals surface area contributed by atoms with Crippen LogP contribution in [0.1, 0.15) is 29.8 Å². The monoisotopic (exact) mass is 416 g/mol. The summed E-state index contributed by atoms with van der Waals surface area (Å²) in [7, 11) is 1.65. The molecule has 150 valence electrons. The maximum atomic E-state index is 5.22. The summed E-state index contributed by atoms with van der Waals surface area (Å²) in [4.78, 5) is 0.773. The van der Waals surface area contributed by atoms with Crippen LogP contribution in [0.15, 0.2) is 60.7 Å². The lowest BCUT2D eigenvalue weighted by molar-refractivity contribution is 0.415. The molecule has 8 heteroatoms. The number of rotatable bonds is 6. The average Bonchev–Trinajstić information content (AvgIpc) is 3.51. The molecule has 0 fully saturated rings. The van der Waals surface area contributed by atoms with Crippen LogP contribution in [0.5, 0.6) is 5.75 Å². The third-order valence-corrected chi connectivity index (χ3v) is 6.13. The largest absolute Gasteiger partial charge is 0.497 e. The van der Waals surface area contributed by atoms with E-state index in [0.717, 1.165) is 39.1 Å². The Morgan fingerprint density at radius 2 is 1.87 bits per heavy atom. The summed E-state index contributed by atoms with van der Waals surface area (Å²) in [6.45, 7) is 2.18. The van der Waals surface area contributed by atoms with E-state index in [1.54, 1.807) is 23.0 Å². The first-order valence-electron chi connectivity index (χ1n) is 9.74. The van der Waals surface area contributed by atoms with Gasteiger partial charge in [-0.2, -0.15) is 14.7 Å². The number of aromatic nitrogens is 6. The van der Waals surface area contributed by atoms with Crippen LogP contribution in [-0.2, 0) is 0 Å². The van der Waals surface area contributed by atoms with Gasteiger partial charge in [0, 0.05) is 11.5 Å². The molecule has 0 amide bonds. The van der Waals surface area contributed by atoms with Crippen molar-refractivity contribution in [1.82, 2.24) is 30.0 Å². The zero-order chi connectivity index (χ0) is 20.5. The molecule has 0 aliphatic carbocycles. The average molecular weight is 417 g/mol. The molecule has 1 unspecified atom stereocenters. The van der Waals surface area contributed by atoms with E-state index >= 15 is 0 Å². The third kappa shape index (κ3) is 3.25. The molecule has 5 rings (SSSR count). The highest BCUT2D eigenvalue weighted by atomic mass is 32.1. The van der Waals surface area contributed by atoms with Crippen molar-refractivity contribution < 1.29 is 4.74 Å². The van der Waals surface area contributed by atoms with Gasteiger partial charge in [0.1, 0.15) is 16.5 Å². The maximum absolute atomic E-state index is 5.22. The van der Waals surface area contributed by atoms with E-state index in [1.807, 2.05) is 36.4 Å². The fourth-order valence-electron chi connectivity index (χ4n) is 3.52. The first kappa shape index (κ1) is 18.5. The molecule has 3 aromatic heterocycles. The van der Waals surface area contributed by atoms with Crippen LogP contribution in [-0.4, -0.2) is 37.1 Å². The number of fused-ring (bicyclic) bond motifs is 1. The molecule has 0 saturated heterocycles. The van der Waals surface area contributed by atoms with Gasteiger partial charge in [0.05, 0.1) is 12.8 Å². The van der Waals surface area contributed by atoms with Gasteiger partial charge in [-0.25, -0.2) is 0 Å². The zero-order valence-corrected chi connectivity index (χ0v) is 17.4. The molecular formula is C22H20N6OS. The number of hydrogen-bond acceptors (Lipinski definition) is 6. The van der Waals surface area contributed by atoms with Crippen molar-refractivity contribution in [3.8, 4) is 28.5 Å². The van der Waals surface area contributed by atoms with E-state index in [4.69, 9.17) is 9.84 Å². The molecule has 1 atom stereocenters. The van der Waals surface area contributed by atoms with Crippen molar-refractivity contribution in [1.29, 1.82) is 0 Å². The molecule has 0 radical (unpaired) electrons. The number of benzene rings is 2. The van der Waals surface area contributed by atoms with E-state index in [2.05, 4.69) is 51.6 Å². The van der Waals surface area contributed by atoms with Crippen molar-refractivity contribution in [2.45, 2.75) is 19.3 Å². The van der Waals surface area contributed by atoms with Gasteiger partial charge >= 0.3 is 0 Å². The Morgan fingerprint density at radius 1 is 1.07 bits per heavy atom. The predicted molar refractivity (Wildman–Crippen MR) is 117 cm³/mol. The highest BCUT2D eigenvalue weighted by molar-refractivity contribution is 7.16. The second kappa shape index (κ2) is 7.72. The minimum atomic E-state index is 0.238. The summed E-state index contributed by atoms with van der Waals surface area (Å²) in [5.74, 6) is 1.71. The van der Waals surface area contributed by atoms with Crippen molar-refractivity contribution in [3.63, 3.8) is 0 Å². The third-order valence-electron chi connectivity index (χ3n) is 5.12. The van der Waals surface area contributed by atoms with Gasteiger partial charge in [-0.05, 0) is 42.3 Å². The lowest BCUT2D eigenvalue weighted by Crippen LogP contribution is -2.01. The molecule has 0 bridgehead atoms. The van der Waals surface area contributed by atoms with E-state index in [0.29, 0.717) is 5.82 Å². The number of nitrogens with zero attached hydrogens (tertiary/aromatic N) is 5. The van der Waals surface area contributed by atoms with Gasteiger partial charge in [0.15, 0.2) is 0 Å². The van der Waals surface area contributed by atoms with Gasteiger partial charge in [0.25, 0.3) is 0 Å². The van der Waals surface area contributed by atoms with Gasteiger partial charge in [-0.15, -0.1) is 10.2 Å². The highest BCUT2D eigenvalue weighted by Gasteiger charge is 2.21. The van der Waals surface area contributed by atoms with E-state index in [-0.39, 0.29) is 5.92 Å². The normalized spacial score (nSPS) is 12.3. The van der Waals surface area contributed by atoms with Crippen LogP contribution >= 0.6 is 11.3 Å². The Balaban J connectivity index is 1.49. The molecule has 30 heavy (non-hydrogen) atoms. The number of ether oxygens (including phenoxy) is 1. The van der Waals surface area contributed by atoms with E-state index < -0.39 is 0 Å². The highest BCUT2D eigenvalue weighted by Crippen LogP contribution is 2.32. The first-order chi connectivity index (χ1) is 14.8. The smallest absolute Gasteiger partial charge is 0.235 e. The standard InChI is InChI=1S/C22H20N6OS/c1-3-17(14-7-5-4-6-8-14)21-27-28-20(25-26-22(28)30-21)19-13-18(23-24-19)15-9-11-16(29-2)12-10-15/h4-13,17H,3H2,1-2H3,(H,23,24). The molecule has 0 aliphatic rings. The Morgan fingerprint density at radius 3 is 2.60 bits per heavy atom. The fourth-order valence-corrected chi connectivity index (χ4v) is 4.57. The van der Waals surface area contributed by atoms with Crippen molar-refractivity contribution in [2.24, 2.45) is 0 Å². The van der Waals surface area contributed by atoms with Crippen LogP contribution in [0.25, 0.3) is 27.7 Å². The maximum Gasteiger partial charge on any atom is 0.235 e. The Kier molecular flexibility index (Phi) is 4.76. The second-order valence-electron chi connectivity index (χ2n) is 6.93. The van der Waals surface area contributed by atoms with Crippen LogP contribution < -0.4 is 4.74 Å². The molecule has 3 heterocycles. The molecule has 0 saturated carbocycles. The molecule has 0 spiro atoms. The Labute approximate surface area is 177 Å². The van der Waals surface area contributed by atoms with Crippen LogP contribution in [0, 0.1) is 0 Å². The molecule has 5 aromatic rings. The fraction of sp³-hybridized carbons (Fsp3) is 0.182. The quantitative estimate of drug-likeness (QED) is 0.430. The van der Waals surface area contributed by atoms with Gasteiger partial charge in [-0.3, -0.25) is 5.10 Å². The van der Waals surface area contributed by atoms with E-state index in [1.165, 1.54) is 5.56 Å². The summed E-state index contributed by atoms with van der Waals surface area (Å²) in [5, 5.41) is 22.1. The summed E-state index contributed by atoms with van der Waals surface area (Å²) < 4.78 is 7.03. The second-order valence-corrected chi connectivity index (χ2v) is 7.91. The van der Waals surface area contributed by atoms with Crippen molar-refractivity contribution >= 4 is 16.3 Å². The first-order valence-corrected chi connectivity index (χ1v) is 10.6. The molecule has 0 aliphatic heterocycles. The Hall–Kier alpha value is -3.52. The van der Waals surface area contributed by atoms with Crippen molar-refractivity contribution in [2.75, 3.05) is 7.11 Å². The summed E-state index contributed by atoms with van der Waals surface area (Å²) in [6, 6.07) is 20.2. The lowest BCUT2D eigenvalue weighted by atomic mass is 9.97. The molecular weight excluding hydrogens is 396 g/mol. The minimum Gasteiger partial charge on any atom is -0.497 e. The molecule has 2 aromatic carbocycles. The number of hydrogen-bond donors (Lipinski definition) is 1. The minimum absolute atomic E-state index is 0.238. The topological polar surface area (TPSA) is 81.0 Å². The van der Waals surface area contributed by atoms with Gasteiger partial charge < -0.3 is 4.74 Å². The Bertz CT molecular complexity index is 1270. The predicted octanol–water partition coefficient (Wildman–Crippen LogP) is 4.79. The van der Waals surface area contributed by atoms with Gasteiger partial charge in [0.2, 0.25) is 10.8 Å². The lowest BCUT2D eigenvalue weighted by Gasteiger charge is -2.11. The van der Waals surface area contributed by atoms with Crippen LogP contribution in [0.3, 0.4) is 0 Å². The molecule has 1 N–H and O–H groups in total. The number of H-pyrrole nitrogens is 1. The van der Waals surface area contributed by atoms with Crippen LogP contribution in [0.4, 0.5) is 0 Å². The summed E-state index contributed by atoms with van der Waals surface area (Å²) in [6.07, 6.45) is 0.967. The number of methoxy groups -OCH3 is 1. The molecule has 7 nitrogen and oxygen atoms in total. The van der Waals surface area contributed by atoms with E-state index in [9.17, 15) is 0 Å². The summed E-state index contributed by atoms with van der Waals surface area (Å²) in [5.41, 5.74) is 3.86. The zero-order valence-electron chi connectivity index (χ0n) is 16.6. The summed E-state index contributed by atoms with van der Waals surface area (Å²) >= 11 is 1.58. The number of aromatic amines is 1. The SMILES string of the molecule is CCC(c1ccccc1)c1nn2c(-c3cc(-c4ccc(OC)cc4)n[nH]3)nnc2s1. The van der Waals surface area contributed by atoms with Gasteiger partial charge in [-0.1, -0.05) is 48.6 Å².